The van der Waals surface area contributed by atoms with Crippen molar-refractivity contribution in [2.45, 2.75) is 0 Å². The molecule has 0 saturated heterocycles. The van der Waals surface area contributed by atoms with Gasteiger partial charge in [-0.05, 0) is 0 Å². The molecule has 64 valence electrons. The predicted molar refractivity (Wildman–Crippen MR) is 35.0 cm³/mol. The molecule has 0 heterocycles. The number of hydrogen-bond donors (Lipinski definition) is 2. The Hall–Kier alpha value is -1.59. The van der Waals surface area contributed by atoms with E-state index in [1.165, 1.54) is 4.90 Å². The molecule has 0 spiro atoms. The van der Waals surface area contributed by atoms with Crippen LogP contribution < -0.4 is 0 Å². The molecule has 0 atom stereocenters. The molecule has 0 aliphatic rings. The number of nitrogens with zero attached hydrogens (tertiary/aromatic N) is 1. The van der Waals surface area contributed by atoms with Crippen LogP contribution in [0, 0.1) is 0 Å². The van der Waals surface area contributed by atoms with Crippen LogP contribution in [-0.2, 0) is 14.4 Å². The summed E-state index contributed by atoms with van der Waals surface area (Å²) >= 11 is 0. The number of carboxylic acid groups (broad SMARTS) is 2. The summed E-state index contributed by atoms with van der Waals surface area (Å²) in [4.78, 5) is 29.1. The normalized spacial score (nSPS) is 7.09. The van der Waals surface area contributed by atoms with E-state index in [1.54, 1.807) is 14.1 Å². The fraction of sp³-hybridized carbons (Fsp3) is 0.400. The molecule has 1 amide bonds. The van der Waals surface area contributed by atoms with Crippen molar-refractivity contribution in [2.75, 3.05) is 14.1 Å². The van der Waals surface area contributed by atoms with E-state index >= 15 is 0 Å². The van der Waals surface area contributed by atoms with E-state index in [-0.39, 0.29) is 0 Å². The molecule has 6 heteroatoms. The number of rotatable bonds is 1. The smallest absolute Gasteiger partial charge is 0.414 e. The van der Waals surface area contributed by atoms with Crippen LogP contribution in [0.5, 0.6) is 0 Å². The monoisotopic (exact) mass is 163 g/mol. The van der Waals surface area contributed by atoms with E-state index in [4.69, 9.17) is 19.8 Å². The second kappa shape index (κ2) is 6.53. The maximum Gasteiger partial charge on any atom is 0.414 e. The largest absolute Gasteiger partial charge is 0.473 e. The van der Waals surface area contributed by atoms with Crippen LogP contribution in [0.4, 0.5) is 0 Å². The maximum atomic E-state index is 9.43. The van der Waals surface area contributed by atoms with Crippen molar-refractivity contribution in [3.05, 3.63) is 0 Å². The molecule has 0 unspecified atom stereocenters. The first-order chi connectivity index (χ1) is 4.91. The summed E-state index contributed by atoms with van der Waals surface area (Å²) in [5.74, 6) is -3.65. The van der Waals surface area contributed by atoms with Crippen molar-refractivity contribution < 1.29 is 24.6 Å². The molecular weight excluding hydrogens is 154 g/mol. The molecule has 0 saturated carbocycles. The Labute approximate surface area is 63.0 Å². The van der Waals surface area contributed by atoms with Crippen LogP contribution in [0.3, 0.4) is 0 Å². The zero-order valence-corrected chi connectivity index (χ0v) is 6.14. The Morgan fingerprint density at radius 1 is 1.18 bits per heavy atom. The second-order valence-corrected chi connectivity index (χ2v) is 1.68. The van der Waals surface area contributed by atoms with Crippen LogP contribution in [-0.4, -0.2) is 47.6 Å². The molecule has 2 N–H and O–H groups in total. The number of carboxylic acids is 2. The summed E-state index contributed by atoms with van der Waals surface area (Å²) in [5, 5.41) is 14.8. The summed E-state index contributed by atoms with van der Waals surface area (Å²) in [5.41, 5.74) is 0. The highest BCUT2D eigenvalue weighted by molar-refractivity contribution is 6.27. The van der Waals surface area contributed by atoms with Gasteiger partial charge in [0.25, 0.3) is 0 Å². The van der Waals surface area contributed by atoms with Gasteiger partial charge in [0.1, 0.15) is 0 Å². The number of amides is 1. The fourth-order valence-corrected chi connectivity index (χ4v) is 0. The van der Waals surface area contributed by atoms with Crippen LogP contribution >= 0.6 is 0 Å². The maximum absolute atomic E-state index is 9.43. The summed E-state index contributed by atoms with van der Waals surface area (Å²) in [6.45, 7) is 0. The van der Waals surface area contributed by atoms with Crippen LogP contribution in [0.15, 0.2) is 0 Å². The highest BCUT2D eigenvalue weighted by Crippen LogP contribution is 1.56. The summed E-state index contributed by atoms with van der Waals surface area (Å²) in [6, 6.07) is 0. The molecule has 0 aromatic rings. The van der Waals surface area contributed by atoms with Crippen LogP contribution in [0.25, 0.3) is 0 Å². The fourth-order valence-electron chi connectivity index (χ4n) is 0. The number of aliphatic carboxylic acids is 2. The van der Waals surface area contributed by atoms with E-state index in [1.807, 2.05) is 0 Å². The third-order valence-corrected chi connectivity index (χ3v) is 0.394. The highest BCUT2D eigenvalue weighted by atomic mass is 16.4. The van der Waals surface area contributed by atoms with E-state index in [0.717, 1.165) is 6.41 Å². The third kappa shape index (κ3) is 17.8. The molecular formula is C5H9NO5. The van der Waals surface area contributed by atoms with E-state index in [9.17, 15) is 4.79 Å². The highest BCUT2D eigenvalue weighted by Gasteiger charge is 2.04. The minimum Gasteiger partial charge on any atom is -0.473 e. The standard InChI is InChI=1S/C3H7NO.C2H2O4/c1-4(2)3-5;3-1(4)2(5)6/h3H,1-2H3;(H,3,4)(H,5,6). The Kier molecular flexibility index (Phi) is 7.19. The van der Waals surface area contributed by atoms with Gasteiger partial charge in [0.2, 0.25) is 6.41 Å². The molecule has 11 heavy (non-hydrogen) atoms. The predicted octanol–water partition coefficient (Wildman–Crippen LogP) is -1.14. The summed E-state index contributed by atoms with van der Waals surface area (Å²) < 4.78 is 0. The van der Waals surface area contributed by atoms with Gasteiger partial charge in [-0.3, -0.25) is 4.79 Å². The molecule has 0 aromatic carbocycles. The van der Waals surface area contributed by atoms with E-state index in [0.29, 0.717) is 0 Å². The lowest BCUT2D eigenvalue weighted by Gasteiger charge is -1.93. The van der Waals surface area contributed by atoms with Gasteiger partial charge in [-0.25, -0.2) is 9.59 Å². The lowest BCUT2D eigenvalue weighted by molar-refractivity contribution is -0.159. The van der Waals surface area contributed by atoms with Crippen LogP contribution in [0.1, 0.15) is 0 Å². The first kappa shape index (κ1) is 12.1. The Morgan fingerprint density at radius 3 is 1.36 bits per heavy atom. The molecule has 0 radical (unpaired) electrons. The molecule has 6 nitrogen and oxygen atoms in total. The lowest BCUT2D eigenvalue weighted by Crippen LogP contribution is -2.09. The molecule has 0 rings (SSSR count). The topological polar surface area (TPSA) is 94.9 Å². The average Bonchev–Trinajstić information content (AvgIpc) is 1.89. The number of hydrogen-bond acceptors (Lipinski definition) is 3. The van der Waals surface area contributed by atoms with Gasteiger partial charge in [0.05, 0.1) is 0 Å². The Morgan fingerprint density at radius 2 is 1.36 bits per heavy atom. The SMILES string of the molecule is CN(C)C=O.O=C(O)C(=O)O. The number of carbonyl (C=O) groups is 3. The molecule has 0 aliphatic heterocycles. The third-order valence-electron chi connectivity index (χ3n) is 0.394. The minimum absolute atomic E-state index is 0.750. The van der Waals surface area contributed by atoms with E-state index < -0.39 is 11.9 Å². The summed E-state index contributed by atoms with van der Waals surface area (Å²) in [7, 11) is 3.38. The van der Waals surface area contributed by atoms with Crippen molar-refractivity contribution in [3.8, 4) is 0 Å². The van der Waals surface area contributed by atoms with E-state index in [2.05, 4.69) is 0 Å². The van der Waals surface area contributed by atoms with Crippen molar-refractivity contribution in [1.82, 2.24) is 4.90 Å². The van der Waals surface area contributed by atoms with Crippen LogP contribution in [0.2, 0.25) is 0 Å². The lowest BCUT2D eigenvalue weighted by atomic mass is 10.7. The van der Waals surface area contributed by atoms with Gasteiger partial charge in [-0.1, -0.05) is 0 Å². The van der Waals surface area contributed by atoms with Gasteiger partial charge in [-0.15, -0.1) is 0 Å². The van der Waals surface area contributed by atoms with Gasteiger partial charge >= 0.3 is 11.9 Å². The van der Waals surface area contributed by atoms with Gasteiger partial charge in [-0.2, -0.15) is 0 Å². The second-order valence-electron chi connectivity index (χ2n) is 1.68. The first-order valence-corrected chi connectivity index (χ1v) is 2.49. The average molecular weight is 163 g/mol. The molecule has 0 aliphatic carbocycles. The van der Waals surface area contributed by atoms with Gasteiger partial charge in [0.15, 0.2) is 0 Å². The molecule has 0 aromatic heterocycles. The molecule has 0 fully saturated rings. The number of carbonyl (C=O) groups excluding carboxylic acids is 1. The quantitative estimate of drug-likeness (QED) is 0.376. The van der Waals surface area contributed by atoms with Gasteiger partial charge in [0, 0.05) is 14.1 Å². The van der Waals surface area contributed by atoms with Crippen molar-refractivity contribution in [3.63, 3.8) is 0 Å². The Balaban J connectivity index is 0. The molecule has 0 bridgehead atoms. The zero-order chi connectivity index (χ0) is 9.44. The minimum atomic E-state index is -1.82. The summed E-state index contributed by atoms with van der Waals surface area (Å²) in [6.07, 6.45) is 0.750. The Bertz CT molecular complexity index is 141. The van der Waals surface area contributed by atoms with Crippen molar-refractivity contribution in [1.29, 1.82) is 0 Å². The zero-order valence-electron chi connectivity index (χ0n) is 6.14. The van der Waals surface area contributed by atoms with Gasteiger partial charge < -0.3 is 15.1 Å². The van der Waals surface area contributed by atoms with Crippen molar-refractivity contribution >= 4 is 18.3 Å². The first-order valence-electron chi connectivity index (χ1n) is 2.49. The van der Waals surface area contributed by atoms with Crippen molar-refractivity contribution in [2.24, 2.45) is 0 Å².